The van der Waals surface area contributed by atoms with Gasteiger partial charge in [0.15, 0.2) is 0 Å². The van der Waals surface area contributed by atoms with Crippen LogP contribution in [0.2, 0.25) is 0 Å². The first kappa shape index (κ1) is 18.8. The number of pyridine rings is 1. The van der Waals surface area contributed by atoms with Crippen LogP contribution in [0.5, 0.6) is 0 Å². The molecule has 1 aromatic heterocycles. The predicted octanol–water partition coefficient (Wildman–Crippen LogP) is 4.00. The minimum atomic E-state index is 0.192. The summed E-state index contributed by atoms with van der Waals surface area (Å²) in [5.41, 5.74) is 2.38. The second-order valence-corrected chi connectivity index (χ2v) is 7.58. The minimum Gasteiger partial charge on any atom is -0.355 e. The van der Waals surface area contributed by atoms with Crippen molar-refractivity contribution in [1.82, 2.24) is 15.2 Å². The van der Waals surface area contributed by atoms with Crippen molar-refractivity contribution in [2.24, 2.45) is 11.8 Å². The molecular formula is C22H31N3O. The molecule has 1 amide bonds. The molecule has 2 aromatic rings. The van der Waals surface area contributed by atoms with E-state index in [1.807, 2.05) is 12.3 Å². The molecule has 1 unspecified atom stereocenters. The van der Waals surface area contributed by atoms with Crippen LogP contribution >= 0.6 is 0 Å². The molecule has 26 heavy (non-hydrogen) atoms. The molecule has 4 heteroatoms. The van der Waals surface area contributed by atoms with Gasteiger partial charge < -0.3 is 5.32 Å². The van der Waals surface area contributed by atoms with Gasteiger partial charge in [0.1, 0.15) is 0 Å². The van der Waals surface area contributed by atoms with E-state index in [1.54, 1.807) is 0 Å². The average Bonchev–Trinajstić information content (AvgIpc) is 2.63. The van der Waals surface area contributed by atoms with E-state index in [2.05, 4.69) is 53.3 Å². The lowest BCUT2D eigenvalue weighted by Crippen LogP contribution is -2.51. The Balaban J connectivity index is 1.40. The van der Waals surface area contributed by atoms with Crippen molar-refractivity contribution in [3.8, 4) is 0 Å². The Kier molecular flexibility index (Phi) is 6.62. The van der Waals surface area contributed by atoms with E-state index in [4.69, 9.17) is 0 Å². The Bertz CT molecular complexity index is 724. The van der Waals surface area contributed by atoms with E-state index in [1.165, 1.54) is 10.9 Å². The van der Waals surface area contributed by atoms with E-state index in [0.717, 1.165) is 57.4 Å². The summed E-state index contributed by atoms with van der Waals surface area (Å²) in [4.78, 5) is 19.1. The summed E-state index contributed by atoms with van der Waals surface area (Å²) in [6.45, 7) is 8.22. The van der Waals surface area contributed by atoms with E-state index >= 15 is 0 Å². The standard InChI is InChI=1S/C22H31N3O/c1-3-5-7-19(4-2)22(26)24-13-18-15-25(16-18)14-17-9-10-21-20(12-17)8-6-11-23-21/h6,8-12,18-19H,3-5,7,13-16H2,1-2H3,(H,24,26). The molecule has 0 aliphatic carbocycles. The third-order valence-electron chi connectivity index (χ3n) is 5.44. The summed E-state index contributed by atoms with van der Waals surface area (Å²) in [7, 11) is 0. The second-order valence-electron chi connectivity index (χ2n) is 7.58. The quantitative estimate of drug-likeness (QED) is 0.741. The van der Waals surface area contributed by atoms with Gasteiger partial charge in [-0.05, 0) is 36.6 Å². The number of benzene rings is 1. The van der Waals surface area contributed by atoms with Crippen molar-refractivity contribution in [2.45, 2.75) is 46.1 Å². The molecule has 1 N–H and O–H groups in total. The zero-order valence-corrected chi connectivity index (χ0v) is 16.1. The first-order chi connectivity index (χ1) is 12.7. The molecule has 2 heterocycles. The van der Waals surface area contributed by atoms with Gasteiger partial charge >= 0.3 is 0 Å². The molecule has 1 atom stereocenters. The number of carbonyl (C=O) groups is 1. The smallest absolute Gasteiger partial charge is 0.223 e. The first-order valence-corrected chi connectivity index (χ1v) is 10.0. The van der Waals surface area contributed by atoms with Crippen molar-refractivity contribution >= 4 is 16.8 Å². The van der Waals surface area contributed by atoms with Gasteiger partial charge in [0.05, 0.1) is 5.52 Å². The van der Waals surface area contributed by atoms with Crippen molar-refractivity contribution < 1.29 is 4.79 Å². The highest BCUT2D eigenvalue weighted by atomic mass is 16.1. The molecule has 1 fully saturated rings. The highest BCUT2D eigenvalue weighted by Gasteiger charge is 2.27. The van der Waals surface area contributed by atoms with Crippen LogP contribution in [0, 0.1) is 11.8 Å². The largest absolute Gasteiger partial charge is 0.355 e. The molecule has 0 saturated carbocycles. The van der Waals surface area contributed by atoms with E-state index in [-0.39, 0.29) is 11.8 Å². The molecule has 4 nitrogen and oxygen atoms in total. The van der Waals surface area contributed by atoms with Crippen LogP contribution in [0.4, 0.5) is 0 Å². The van der Waals surface area contributed by atoms with Gasteiger partial charge in [-0.3, -0.25) is 14.7 Å². The number of carbonyl (C=O) groups excluding carboxylic acids is 1. The number of hydrogen-bond donors (Lipinski definition) is 1. The maximum atomic E-state index is 12.3. The number of nitrogens with one attached hydrogen (secondary N) is 1. The molecular weight excluding hydrogens is 322 g/mol. The first-order valence-electron chi connectivity index (χ1n) is 10.0. The molecule has 0 bridgehead atoms. The van der Waals surface area contributed by atoms with E-state index in [0.29, 0.717) is 5.92 Å². The third-order valence-corrected chi connectivity index (χ3v) is 5.44. The highest BCUT2D eigenvalue weighted by molar-refractivity contribution is 5.79. The Morgan fingerprint density at radius 2 is 2.15 bits per heavy atom. The van der Waals surface area contributed by atoms with Crippen LogP contribution in [0.3, 0.4) is 0 Å². The summed E-state index contributed by atoms with van der Waals surface area (Å²) in [6, 6.07) is 10.6. The monoisotopic (exact) mass is 353 g/mol. The molecule has 0 spiro atoms. The lowest BCUT2D eigenvalue weighted by atomic mass is 9.96. The zero-order valence-electron chi connectivity index (χ0n) is 16.1. The predicted molar refractivity (Wildman–Crippen MR) is 107 cm³/mol. The summed E-state index contributed by atoms with van der Waals surface area (Å²) in [5.74, 6) is 1.03. The summed E-state index contributed by atoms with van der Waals surface area (Å²) < 4.78 is 0. The van der Waals surface area contributed by atoms with Gasteiger partial charge in [-0.15, -0.1) is 0 Å². The van der Waals surface area contributed by atoms with Gasteiger partial charge in [0.25, 0.3) is 0 Å². The molecule has 1 aromatic carbocycles. The molecule has 3 rings (SSSR count). The topological polar surface area (TPSA) is 45.2 Å². The van der Waals surface area contributed by atoms with Crippen LogP contribution < -0.4 is 5.32 Å². The molecule has 1 aliphatic heterocycles. The SMILES string of the molecule is CCCCC(CC)C(=O)NCC1CN(Cc2ccc3ncccc3c2)C1. The average molecular weight is 354 g/mol. The molecule has 140 valence electrons. The minimum absolute atomic E-state index is 0.192. The Labute approximate surface area is 157 Å². The van der Waals surface area contributed by atoms with Crippen LogP contribution in [0.15, 0.2) is 36.5 Å². The number of rotatable bonds is 9. The number of amides is 1. The second kappa shape index (κ2) is 9.13. The summed E-state index contributed by atoms with van der Waals surface area (Å²) in [5, 5.41) is 4.38. The number of aromatic nitrogens is 1. The van der Waals surface area contributed by atoms with Crippen LogP contribution in [-0.4, -0.2) is 35.4 Å². The Morgan fingerprint density at radius 1 is 1.31 bits per heavy atom. The lowest BCUT2D eigenvalue weighted by molar-refractivity contribution is -0.125. The Morgan fingerprint density at radius 3 is 2.92 bits per heavy atom. The lowest BCUT2D eigenvalue weighted by Gasteiger charge is -2.39. The normalized spacial score (nSPS) is 16.4. The third kappa shape index (κ3) is 4.82. The number of fused-ring (bicyclic) bond motifs is 1. The fourth-order valence-corrected chi connectivity index (χ4v) is 3.78. The van der Waals surface area contributed by atoms with Gasteiger partial charge in [0, 0.05) is 49.6 Å². The number of unbranched alkanes of at least 4 members (excludes halogenated alkanes) is 1. The highest BCUT2D eigenvalue weighted by Crippen LogP contribution is 2.21. The number of nitrogens with zero attached hydrogens (tertiary/aromatic N) is 2. The van der Waals surface area contributed by atoms with Gasteiger partial charge in [-0.1, -0.05) is 38.8 Å². The Hall–Kier alpha value is -1.94. The van der Waals surface area contributed by atoms with Crippen LogP contribution in [0.25, 0.3) is 10.9 Å². The van der Waals surface area contributed by atoms with Crippen molar-refractivity contribution in [3.63, 3.8) is 0 Å². The van der Waals surface area contributed by atoms with E-state index in [9.17, 15) is 4.79 Å². The number of hydrogen-bond acceptors (Lipinski definition) is 3. The fourth-order valence-electron chi connectivity index (χ4n) is 3.78. The van der Waals surface area contributed by atoms with Crippen LogP contribution in [-0.2, 0) is 11.3 Å². The molecule has 1 saturated heterocycles. The van der Waals surface area contributed by atoms with Crippen molar-refractivity contribution in [3.05, 3.63) is 42.1 Å². The van der Waals surface area contributed by atoms with Crippen molar-refractivity contribution in [2.75, 3.05) is 19.6 Å². The fraction of sp³-hybridized carbons (Fsp3) is 0.545. The summed E-state index contributed by atoms with van der Waals surface area (Å²) in [6.07, 6.45) is 6.10. The van der Waals surface area contributed by atoms with Crippen LogP contribution in [0.1, 0.15) is 45.1 Å². The van der Waals surface area contributed by atoms with Crippen molar-refractivity contribution in [1.29, 1.82) is 0 Å². The van der Waals surface area contributed by atoms with Gasteiger partial charge in [0.2, 0.25) is 5.91 Å². The maximum Gasteiger partial charge on any atom is 0.223 e. The van der Waals surface area contributed by atoms with E-state index < -0.39 is 0 Å². The van der Waals surface area contributed by atoms with Gasteiger partial charge in [-0.2, -0.15) is 0 Å². The molecule has 0 radical (unpaired) electrons. The zero-order chi connectivity index (χ0) is 18.4. The number of likely N-dealkylation sites (tertiary alicyclic amines) is 1. The summed E-state index contributed by atoms with van der Waals surface area (Å²) >= 11 is 0. The molecule has 1 aliphatic rings. The van der Waals surface area contributed by atoms with Gasteiger partial charge in [-0.25, -0.2) is 0 Å². The maximum absolute atomic E-state index is 12.3.